The van der Waals surface area contributed by atoms with E-state index in [4.69, 9.17) is 4.74 Å². The molecule has 1 saturated heterocycles. The fraction of sp³-hybridized carbons (Fsp3) is 0.381. The van der Waals surface area contributed by atoms with Gasteiger partial charge in [-0.05, 0) is 42.8 Å². The van der Waals surface area contributed by atoms with Crippen molar-refractivity contribution in [3.8, 4) is 5.75 Å². The van der Waals surface area contributed by atoms with Crippen molar-refractivity contribution in [1.82, 2.24) is 9.62 Å². The molecule has 1 amide bonds. The Labute approximate surface area is 176 Å². The summed E-state index contributed by atoms with van der Waals surface area (Å²) >= 11 is 0. The van der Waals surface area contributed by atoms with E-state index in [0.717, 1.165) is 0 Å². The van der Waals surface area contributed by atoms with E-state index in [-0.39, 0.29) is 24.0 Å². The summed E-state index contributed by atoms with van der Waals surface area (Å²) in [5.74, 6) is 0.0537. The molecule has 30 heavy (non-hydrogen) atoms. The van der Waals surface area contributed by atoms with E-state index in [1.165, 1.54) is 10.4 Å². The third-order valence-electron chi connectivity index (χ3n) is 5.04. The van der Waals surface area contributed by atoms with Crippen LogP contribution in [0.1, 0.15) is 16.8 Å². The average Bonchev–Trinajstić information content (AvgIpc) is 2.77. The molecule has 1 aliphatic heterocycles. The second kappa shape index (κ2) is 9.90. The molecule has 7 nitrogen and oxygen atoms in total. The fourth-order valence-electron chi connectivity index (χ4n) is 3.35. The maximum absolute atomic E-state index is 13.9. The first-order chi connectivity index (χ1) is 14.4. The van der Waals surface area contributed by atoms with Crippen LogP contribution >= 0.6 is 0 Å². The normalized spacial score (nSPS) is 15.1. The van der Waals surface area contributed by atoms with Crippen LogP contribution in [-0.4, -0.2) is 64.2 Å². The van der Waals surface area contributed by atoms with E-state index in [1.807, 2.05) is 4.90 Å². The largest absolute Gasteiger partial charge is 0.497 e. The lowest BCUT2D eigenvalue weighted by Crippen LogP contribution is -2.49. The number of sulfonamides is 1. The molecular formula is C21H26FN3O4S. The van der Waals surface area contributed by atoms with Crippen LogP contribution in [0.5, 0.6) is 5.75 Å². The highest BCUT2D eigenvalue weighted by Crippen LogP contribution is 2.21. The summed E-state index contributed by atoms with van der Waals surface area (Å²) in [5, 5.41) is 2.73. The highest BCUT2D eigenvalue weighted by atomic mass is 32.2. The van der Waals surface area contributed by atoms with Crippen molar-refractivity contribution < 1.29 is 22.3 Å². The zero-order valence-corrected chi connectivity index (χ0v) is 17.7. The van der Waals surface area contributed by atoms with Crippen LogP contribution in [-0.2, 0) is 10.0 Å². The molecule has 1 aliphatic rings. The number of carbonyl (C=O) groups is 1. The number of carbonyl (C=O) groups excluding carboxylic acids is 1. The molecule has 0 aromatic heterocycles. The molecule has 9 heteroatoms. The van der Waals surface area contributed by atoms with Crippen molar-refractivity contribution in [1.29, 1.82) is 0 Å². The molecule has 0 unspecified atom stereocenters. The summed E-state index contributed by atoms with van der Waals surface area (Å²) in [6.45, 7) is 1.77. The van der Waals surface area contributed by atoms with Gasteiger partial charge in [-0.3, -0.25) is 4.79 Å². The second-order valence-corrected chi connectivity index (χ2v) is 9.08. The molecule has 2 aromatic rings. The molecule has 0 aliphatic carbocycles. The minimum absolute atomic E-state index is 0.0460. The molecule has 1 N–H and O–H groups in total. The van der Waals surface area contributed by atoms with Gasteiger partial charge in [-0.2, -0.15) is 4.31 Å². The Hall–Kier alpha value is -2.65. The number of rotatable bonds is 8. The van der Waals surface area contributed by atoms with Crippen LogP contribution in [0.25, 0.3) is 0 Å². The van der Waals surface area contributed by atoms with Gasteiger partial charge in [-0.1, -0.05) is 12.1 Å². The summed E-state index contributed by atoms with van der Waals surface area (Å²) in [4.78, 5) is 14.0. The number of para-hydroxylation sites is 1. The molecule has 162 valence electrons. The standard InChI is InChI=1S/C21H26FN3O4S/c1-29-18-9-7-17(8-10-18)21(26)23-11-4-16-30(27,28)25-14-12-24(13-15-25)20-6-3-2-5-19(20)22/h2-3,5-10H,4,11-16H2,1H3,(H,23,26). The number of benzene rings is 2. The van der Waals surface area contributed by atoms with Gasteiger partial charge < -0.3 is 15.0 Å². The predicted molar refractivity (Wildman–Crippen MR) is 114 cm³/mol. The molecule has 0 bridgehead atoms. The average molecular weight is 436 g/mol. The summed E-state index contributed by atoms with van der Waals surface area (Å²) < 4.78 is 45.6. The van der Waals surface area contributed by atoms with Crippen molar-refractivity contribution in [3.63, 3.8) is 0 Å². The van der Waals surface area contributed by atoms with Crippen LogP contribution < -0.4 is 15.0 Å². The van der Waals surface area contributed by atoms with Gasteiger partial charge in [-0.15, -0.1) is 0 Å². The van der Waals surface area contributed by atoms with Crippen molar-refractivity contribution in [2.45, 2.75) is 6.42 Å². The molecule has 1 heterocycles. The first kappa shape index (κ1) is 22.0. The van der Waals surface area contributed by atoms with Gasteiger partial charge in [0.25, 0.3) is 5.91 Å². The van der Waals surface area contributed by atoms with Crippen LogP contribution in [0, 0.1) is 5.82 Å². The van der Waals surface area contributed by atoms with Crippen LogP contribution in [0.4, 0.5) is 10.1 Å². The number of hydrogen-bond acceptors (Lipinski definition) is 5. The lowest BCUT2D eigenvalue weighted by atomic mass is 10.2. The number of nitrogens with one attached hydrogen (secondary N) is 1. The molecule has 0 atom stereocenters. The van der Waals surface area contributed by atoms with E-state index in [2.05, 4.69) is 5.32 Å². The van der Waals surface area contributed by atoms with Crippen molar-refractivity contribution >= 4 is 21.6 Å². The zero-order valence-electron chi connectivity index (χ0n) is 16.9. The Balaban J connectivity index is 1.43. The molecule has 0 spiro atoms. The Morgan fingerprint density at radius 3 is 2.37 bits per heavy atom. The lowest BCUT2D eigenvalue weighted by molar-refractivity contribution is 0.0953. The first-order valence-corrected chi connectivity index (χ1v) is 11.4. The quantitative estimate of drug-likeness (QED) is 0.643. The number of amides is 1. The van der Waals surface area contributed by atoms with E-state index < -0.39 is 10.0 Å². The number of piperazine rings is 1. The molecule has 1 fully saturated rings. The Bertz CT molecular complexity index is 958. The van der Waals surface area contributed by atoms with E-state index in [9.17, 15) is 17.6 Å². The summed E-state index contributed by atoms with van der Waals surface area (Å²) in [6, 6.07) is 13.2. The number of ether oxygens (including phenoxy) is 1. The third-order valence-corrected chi connectivity index (χ3v) is 7.00. The van der Waals surface area contributed by atoms with Gasteiger partial charge in [-0.25, -0.2) is 12.8 Å². The van der Waals surface area contributed by atoms with Crippen LogP contribution in [0.15, 0.2) is 48.5 Å². The van der Waals surface area contributed by atoms with Crippen LogP contribution in [0.2, 0.25) is 0 Å². The summed E-state index contributed by atoms with van der Waals surface area (Å²) in [6.07, 6.45) is 0.317. The predicted octanol–water partition coefficient (Wildman–Crippen LogP) is 2.11. The fourth-order valence-corrected chi connectivity index (χ4v) is 4.83. The number of halogens is 1. The van der Waals surface area contributed by atoms with Crippen LogP contribution in [0.3, 0.4) is 0 Å². The van der Waals surface area contributed by atoms with Gasteiger partial charge in [0.05, 0.1) is 18.6 Å². The Kier molecular flexibility index (Phi) is 7.28. The highest BCUT2D eigenvalue weighted by Gasteiger charge is 2.27. The van der Waals surface area contributed by atoms with Gasteiger partial charge in [0.15, 0.2) is 0 Å². The monoisotopic (exact) mass is 435 g/mol. The number of anilines is 1. The van der Waals surface area contributed by atoms with E-state index >= 15 is 0 Å². The topological polar surface area (TPSA) is 78.9 Å². The number of hydrogen-bond donors (Lipinski definition) is 1. The molecule has 2 aromatic carbocycles. The molecule has 3 rings (SSSR count). The Morgan fingerprint density at radius 2 is 1.73 bits per heavy atom. The van der Waals surface area contributed by atoms with Gasteiger partial charge >= 0.3 is 0 Å². The number of methoxy groups -OCH3 is 1. The molecular weight excluding hydrogens is 409 g/mol. The van der Waals surface area contributed by atoms with Gasteiger partial charge in [0.1, 0.15) is 11.6 Å². The van der Waals surface area contributed by atoms with E-state index in [0.29, 0.717) is 49.6 Å². The van der Waals surface area contributed by atoms with Gasteiger partial charge in [0.2, 0.25) is 10.0 Å². The maximum Gasteiger partial charge on any atom is 0.251 e. The first-order valence-electron chi connectivity index (χ1n) is 9.80. The highest BCUT2D eigenvalue weighted by molar-refractivity contribution is 7.89. The minimum Gasteiger partial charge on any atom is -0.497 e. The smallest absolute Gasteiger partial charge is 0.251 e. The SMILES string of the molecule is COc1ccc(C(=O)NCCCS(=O)(=O)N2CCN(c3ccccc3F)CC2)cc1. The van der Waals surface area contributed by atoms with E-state index in [1.54, 1.807) is 49.6 Å². The minimum atomic E-state index is -3.43. The lowest BCUT2D eigenvalue weighted by Gasteiger charge is -2.35. The van der Waals surface area contributed by atoms with Crippen molar-refractivity contribution in [2.24, 2.45) is 0 Å². The maximum atomic E-state index is 13.9. The summed E-state index contributed by atoms with van der Waals surface area (Å²) in [7, 11) is -1.87. The second-order valence-electron chi connectivity index (χ2n) is 6.99. The summed E-state index contributed by atoms with van der Waals surface area (Å²) in [5.41, 5.74) is 0.985. The van der Waals surface area contributed by atoms with Crippen molar-refractivity contribution in [2.75, 3.05) is 50.5 Å². The van der Waals surface area contributed by atoms with Crippen molar-refractivity contribution in [3.05, 3.63) is 59.9 Å². The molecule has 0 radical (unpaired) electrons. The van der Waals surface area contributed by atoms with Gasteiger partial charge in [0, 0.05) is 38.3 Å². The third kappa shape index (κ3) is 5.48. The zero-order chi connectivity index (χ0) is 21.6. The number of nitrogens with zero attached hydrogens (tertiary/aromatic N) is 2. The molecule has 0 saturated carbocycles. The Morgan fingerprint density at radius 1 is 1.07 bits per heavy atom.